The summed E-state index contributed by atoms with van der Waals surface area (Å²) in [4.78, 5) is 37.7. The molecule has 0 fully saturated rings. The van der Waals surface area contributed by atoms with Crippen LogP contribution in [-0.2, 0) is 18.1 Å². The van der Waals surface area contributed by atoms with Gasteiger partial charge in [0, 0.05) is 38.5 Å². The largest absolute Gasteiger partial charge is 0.521 e. The van der Waals surface area contributed by atoms with Gasteiger partial charge in [-0.2, -0.15) is 0 Å². The summed E-state index contributed by atoms with van der Waals surface area (Å²) >= 11 is 0. The van der Waals surface area contributed by atoms with Crippen LogP contribution < -0.4 is 5.32 Å². The van der Waals surface area contributed by atoms with Gasteiger partial charge in [-0.05, 0) is 32.9 Å². The summed E-state index contributed by atoms with van der Waals surface area (Å²) in [5.41, 5.74) is 0.710. The monoisotopic (exact) mass is 353 g/mol. The second-order valence-electron chi connectivity index (χ2n) is 4.40. The van der Waals surface area contributed by atoms with Gasteiger partial charge in [-0.15, -0.1) is 0 Å². The Kier molecular flexibility index (Phi) is 10.7. The molecule has 0 aliphatic carbocycles. The highest BCUT2D eigenvalue weighted by molar-refractivity contribution is 6.62. The molecule has 8 nitrogen and oxygen atoms in total. The quantitative estimate of drug-likeness (QED) is 0.213. The molecule has 0 aromatic rings. The molecule has 0 aromatic carbocycles. The molecule has 1 amide bonds. The summed E-state index contributed by atoms with van der Waals surface area (Å²) in [6.45, 7) is 7.48. The van der Waals surface area contributed by atoms with Crippen molar-refractivity contribution in [2.75, 3.05) is 26.4 Å². The molecule has 0 spiro atoms. The fourth-order valence-corrected chi connectivity index (χ4v) is 4.75. The van der Waals surface area contributed by atoms with E-state index in [2.05, 4.69) is 5.32 Å². The first-order valence-electron chi connectivity index (χ1n) is 7.34. The van der Waals surface area contributed by atoms with Gasteiger partial charge in [0.05, 0.1) is 0 Å². The normalized spacial score (nSPS) is 12.8. The van der Waals surface area contributed by atoms with E-state index < -0.39 is 23.5 Å². The van der Waals surface area contributed by atoms with Crippen molar-refractivity contribution in [3.8, 4) is 0 Å². The summed E-state index contributed by atoms with van der Waals surface area (Å²) in [6.07, 6.45) is 1.51. The Labute approximate surface area is 133 Å². The van der Waals surface area contributed by atoms with Gasteiger partial charge in [-0.1, -0.05) is 0 Å². The van der Waals surface area contributed by atoms with Crippen LogP contribution in [0.15, 0.2) is 11.8 Å². The second kappa shape index (κ2) is 11.0. The third kappa shape index (κ3) is 10.2. The predicted octanol–water partition coefficient (Wildman–Crippen LogP) is -0.448. The van der Waals surface area contributed by atoms with Gasteiger partial charge in [0.1, 0.15) is 0 Å². The van der Waals surface area contributed by atoms with Gasteiger partial charge in [0.2, 0.25) is 5.91 Å². The van der Waals surface area contributed by atoms with E-state index in [1.54, 1.807) is 0 Å². The van der Waals surface area contributed by atoms with Crippen LogP contribution in [0, 0.1) is 0 Å². The lowest BCUT2D eigenvalue weighted by atomic mass is 10.4. The average molecular weight is 354 g/mol. The zero-order valence-electron chi connectivity index (χ0n) is 13.4. The van der Waals surface area contributed by atoms with E-state index in [9.17, 15) is 4.79 Å². The van der Waals surface area contributed by atoms with E-state index in [1.807, 2.05) is 20.8 Å². The first-order valence-corrected chi connectivity index (χ1v) is 11.2. The van der Waals surface area contributed by atoms with Crippen LogP contribution >= 0.6 is 0 Å². The van der Waals surface area contributed by atoms with Crippen molar-refractivity contribution in [1.29, 1.82) is 0 Å². The van der Waals surface area contributed by atoms with E-state index >= 15 is 0 Å². The Hall–Kier alpha value is -0.596. The lowest BCUT2D eigenvalue weighted by molar-refractivity contribution is -0.116. The minimum absolute atomic E-state index is 0.363. The molecular weight excluding hydrogens is 326 g/mol. The van der Waals surface area contributed by atoms with Crippen molar-refractivity contribution < 1.29 is 32.5 Å². The molecule has 0 saturated carbocycles. The summed E-state index contributed by atoms with van der Waals surface area (Å²) in [5.74, 6) is -0.509. The maximum Gasteiger partial charge on any atom is 0.521 e. The van der Waals surface area contributed by atoms with E-state index in [4.69, 9.17) is 27.7 Å². The van der Waals surface area contributed by atoms with Gasteiger partial charge in [0.15, 0.2) is 0 Å². The van der Waals surface area contributed by atoms with Gasteiger partial charge >= 0.3 is 17.6 Å². The fraction of sp³-hybridized carbons (Fsp3) is 0.750. The molecule has 0 aliphatic rings. The minimum atomic E-state index is -4.32. The summed E-state index contributed by atoms with van der Waals surface area (Å²) < 4.78 is 17.1. The highest BCUT2D eigenvalue weighted by Gasteiger charge is 2.39. The van der Waals surface area contributed by atoms with Crippen LogP contribution in [0.2, 0.25) is 6.04 Å². The molecule has 130 valence electrons. The number of amides is 1. The van der Waals surface area contributed by atoms with Crippen molar-refractivity contribution in [2.45, 2.75) is 33.2 Å². The molecule has 0 atom stereocenters. The summed E-state index contributed by atoms with van der Waals surface area (Å²) in [7, 11) is -7.02. The molecule has 0 radical (unpaired) electrons. The number of carbonyl (C=O) groups excluding carboxylic acids is 1. The lowest BCUT2D eigenvalue weighted by Gasteiger charge is -2.28. The number of hydrogen-bond donors (Lipinski definition) is 4. The molecule has 10 heteroatoms. The predicted molar refractivity (Wildman–Crippen MR) is 84.6 cm³/mol. The zero-order valence-corrected chi connectivity index (χ0v) is 15.4. The zero-order chi connectivity index (χ0) is 17.1. The second-order valence-corrected chi connectivity index (χ2v) is 8.84. The molecule has 0 saturated heterocycles. The molecule has 4 N–H and O–H groups in total. The highest BCUT2D eigenvalue weighted by atomic mass is 28.4. The maximum absolute atomic E-state index is 11.4. The average Bonchev–Trinajstić information content (AvgIpc) is 2.41. The van der Waals surface area contributed by atoms with Crippen molar-refractivity contribution in [2.24, 2.45) is 0 Å². The third-order valence-corrected chi connectivity index (χ3v) is 6.28. The number of rotatable bonds is 12. The number of carbonyl (C=O) groups is 1. The van der Waals surface area contributed by atoms with Crippen LogP contribution in [0.1, 0.15) is 27.2 Å². The Balaban J connectivity index is 4.27. The van der Waals surface area contributed by atoms with E-state index in [0.29, 0.717) is 44.5 Å². The van der Waals surface area contributed by atoms with E-state index in [1.165, 1.54) is 0 Å². The van der Waals surface area contributed by atoms with Gasteiger partial charge in [-0.25, -0.2) is 0 Å². The lowest BCUT2D eigenvalue weighted by Crippen LogP contribution is -2.46. The molecule has 22 heavy (non-hydrogen) atoms. The Morgan fingerprint density at radius 1 is 1.05 bits per heavy atom. The number of hydrogen-bond acceptors (Lipinski definition) is 7. The molecule has 0 bridgehead atoms. The van der Waals surface area contributed by atoms with Gasteiger partial charge in [0.25, 0.3) is 0 Å². The van der Waals surface area contributed by atoms with Crippen LogP contribution in [0.5, 0.6) is 0 Å². The van der Waals surface area contributed by atoms with Crippen LogP contribution in [0.4, 0.5) is 0 Å². The van der Waals surface area contributed by atoms with Crippen molar-refractivity contribution >= 4 is 23.5 Å². The Morgan fingerprint density at radius 2 is 1.55 bits per heavy atom. The van der Waals surface area contributed by atoms with Crippen LogP contribution in [0.3, 0.4) is 0 Å². The van der Waals surface area contributed by atoms with Crippen molar-refractivity contribution in [3.05, 3.63) is 11.8 Å². The maximum atomic E-state index is 11.4. The van der Waals surface area contributed by atoms with Crippen molar-refractivity contribution in [1.82, 2.24) is 5.32 Å². The smallest absolute Gasteiger partial charge is 0.387 e. The standard InChI is InChI=1S/C12H27NO7Si2/c1-4-18-22(19-5-2,20-6-3)10-7-9-13-12(14)8-11-21(15,16)17/h8,11,15-17H,4-7,9-10H2,1-3H3,(H,13,14). The third-order valence-electron chi connectivity index (χ3n) is 2.51. The molecule has 0 unspecified atom stereocenters. The first-order chi connectivity index (χ1) is 10.3. The molecule has 0 rings (SSSR count). The first kappa shape index (κ1) is 21.4. The molecular formula is C12H27NO7Si2. The summed E-state index contributed by atoms with van der Waals surface area (Å²) in [6, 6.07) is 0.575. The van der Waals surface area contributed by atoms with E-state index in [-0.39, 0.29) is 0 Å². The van der Waals surface area contributed by atoms with E-state index in [0.717, 1.165) is 6.08 Å². The minimum Gasteiger partial charge on any atom is -0.387 e. The Bertz CT molecular complexity index is 330. The Morgan fingerprint density at radius 3 is 1.95 bits per heavy atom. The SMILES string of the molecule is CCO[Si](CCCNC(=O)C=C[Si](O)(O)O)(OCC)OCC. The van der Waals surface area contributed by atoms with Crippen LogP contribution in [-0.4, -0.2) is 64.3 Å². The molecule has 0 aromatic heterocycles. The van der Waals surface area contributed by atoms with Gasteiger partial charge in [-0.3, -0.25) is 4.79 Å². The van der Waals surface area contributed by atoms with Gasteiger partial charge < -0.3 is 33.0 Å². The molecule has 0 heterocycles. The number of nitrogens with one attached hydrogen (secondary N) is 1. The molecule has 0 aliphatic heterocycles. The fourth-order valence-electron chi connectivity index (χ4n) is 1.76. The van der Waals surface area contributed by atoms with Crippen molar-refractivity contribution in [3.63, 3.8) is 0 Å². The highest BCUT2D eigenvalue weighted by Crippen LogP contribution is 2.17. The topological polar surface area (TPSA) is 117 Å². The van der Waals surface area contributed by atoms with Crippen LogP contribution in [0.25, 0.3) is 0 Å². The summed E-state index contributed by atoms with van der Waals surface area (Å²) in [5, 5.41) is 2.57.